The highest BCUT2D eigenvalue weighted by Gasteiger charge is 2.48. The number of aryl methyl sites for hydroxylation is 1. The zero-order valence-corrected chi connectivity index (χ0v) is 8.82. The molecule has 3 nitrogen and oxygen atoms in total. The van der Waals surface area contributed by atoms with E-state index in [1.165, 1.54) is 0 Å². The van der Waals surface area contributed by atoms with Gasteiger partial charge in [0.2, 0.25) is 0 Å². The fourth-order valence-electron chi connectivity index (χ4n) is 1.14. The lowest BCUT2D eigenvalue weighted by atomic mass is 10.1. The van der Waals surface area contributed by atoms with Gasteiger partial charge in [-0.1, -0.05) is 11.6 Å². The van der Waals surface area contributed by atoms with Crippen molar-refractivity contribution in [3.63, 3.8) is 0 Å². The summed E-state index contributed by atoms with van der Waals surface area (Å²) in [5.74, 6) is 0. The van der Waals surface area contributed by atoms with Crippen LogP contribution in [0, 0.1) is 0 Å². The average molecular weight is 283 g/mol. The van der Waals surface area contributed by atoms with E-state index in [-0.39, 0.29) is 0 Å². The molecule has 1 rings (SSSR count). The molecule has 0 aliphatic heterocycles. The van der Waals surface area contributed by atoms with Crippen LogP contribution in [0.5, 0.6) is 0 Å². The summed E-state index contributed by atoms with van der Waals surface area (Å²) >= 11 is 5.26. The average Bonchev–Trinajstić information content (AvgIpc) is 2.40. The summed E-state index contributed by atoms with van der Waals surface area (Å²) in [5.41, 5.74) is -3.34. The second-order valence-electron chi connectivity index (χ2n) is 3.12. The number of aromatic nitrogens is 2. The van der Waals surface area contributed by atoms with Crippen LogP contribution in [0.1, 0.15) is 17.4 Å². The Morgan fingerprint density at radius 3 is 2.06 bits per heavy atom. The number of halogens is 7. The molecule has 0 aliphatic rings. The molecule has 0 radical (unpaired) electrons. The van der Waals surface area contributed by atoms with E-state index in [1.807, 2.05) is 0 Å². The van der Waals surface area contributed by atoms with Crippen molar-refractivity contribution < 1.29 is 31.4 Å². The first-order valence-corrected chi connectivity index (χ1v) is 4.38. The van der Waals surface area contributed by atoms with Crippen LogP contribution in [0.3, 0.4) is 0 Å². The highest BCUT2D eigenvalue weighted by molar-refractivity contribution is 6.30. The van der Waals surface area contributed by atoms with Gasteiger partial charge < -0.3 is 5.11 Å². The van der Waals surface area contributed by atoms with E-state index in [4.69, 9.17) is 16.7 Å². The number of hydrogen-bond donors (Lipinski definition) is 1. The van der Waals surface area contributed by atoms with E-state index in [0.29, 0.717) is 4.68 Å². The molecule has 10 heteroatoms. The van der Waals surface area contributed by atoms with Crippen molar-refractivity contribution in [1.82, 2.24) is 9.78 Å². The third-order valence-corrected chi connectivity index (χ3v) is 2.31. The van der Waals surface area contributed by atoms with Crippen LogP contribution < -0.4 is 0 Å². The molecule has 0 aliphatic carbocycles. The zero-order chi connectivity index (χ0) is 13.6. The van der Waals surface area contributed by atoms with Gasteiger partial charge in [-0.15, -0.1) is 0 Å². The van der Waals surface area contributed by atoms with Crippen molar-refractivity contribution in [1.29, 1.82) is 0 Å². The van der Waals surface area contributed by atoms with Crippen molar-refractivity contribution in [2.24, 2.45) is 7.05 Å². The maximum absolute atomic E-state index is 12.4. The lowest BCUT2D eigenvalue weighted by Crippen LogP contribution is -2.23. The van der Waals surface area contributed by atoms with Crippen LogP contribution in [0.15, 0.2) is 0 Å². The highest BCUT2D eigenvalue weighted by Crippen LogP contribution is 2.42. The topological polar surface area (TPSA) is 38.0 Å². The Bertz CT molecular complexity index is 423. The van der Waals surface area contributed by atoms with Crippen LogP contribution in [0.25, 0.3) is 0 Å². The fraction of sp³-hybridized carbons (Fsp3) is 0.571. The van der Waals surface area contributed by atoms with Crippen LogP contribution in [-0.4, -0.2) is 21.1 Å². The van der Waals surface area contributed by atoms with Crippen molar-refractivity contribution >= 4 is 11.6 Å². The second kappa shape index (κ2) is 4.05. The van der Waals surface area contributed by atoms with E-state index in [9.17, 15) is 26.3 Å². The summed E-state index contributed by atoms with van der Waals surface area (Å²) in [4.78, 5) is 0. The van der Waals surface area contributed by atoms with Gasteiger partial charge in [0.05, 0.1) is 5.56 Å². The van der Waals surface area contributed by atoms with E-state index >= 15 is 0 Å². The monoisotopic (exact) mass is 282 g/mol. The minimum atomic E-state index is -5.26. The number of hydrogen-bond acceptors (Lipinski definition) is 2. The summed E-state index contributed by atoms with van der Waals surface area (Å²) in [6, 6.07) is 0. The molecule has 0 saturated carbocycles. The fourth-order valence-corrected chi connectivity index (χ4v) is 1.37. The minimum absolute atomic E-state index is 0.411. The number of rotatable bonds is 1. The van der Waals surface area contributed by atoms with Crippen LogP contribution in [0.4, 0.5) is 26.3 Å². The van der Waals surface area contributed by atoms with Crippen molar-refractivity contribution in [2.45, 2.75) is 18.5 Å². The molecular formula is C7H5ClF6N2O. The van der Waals surface area contributed by atoms with Crippen molar-refractivity contribution in [3.8, 4) is 0 Å². The lowest BCUT2D eigenvalue weighted by Gasteiger charge is -2.15. The molecule has 1 heterocycles. The van der Waals surface area contributed by atoms with E-state index in [0.717, 1.165) is 7.05 Å². The summed E-state index contributed by atoms with van der Waals surface area (Å²) < 4.78 is 74.1. The van der Waals surface area contributed by atoms with Gasteiger partial charge in [-0.25, -0.2) is 0 Å². The van der Waals surface area contributed by atoms with E-state index in [2.05, 4.69) is 5.10 Å². The van der Waals surface area contributed by atoms with Crippen molar-refractivity contribution in [2.75, 3.05) is 0 Å². The molecule has 0 fully saturated rings. The van der Waals surface area contributed by atoms with Crippen molar-refractivity contribution in [3.05, 3.63) is 16.4 Å². The maximum Gasteiger partial charge on any atom is 0.435 e. The van der Waals surface area contributed by atoms with Gasteiger partial charge in [0.1, 0.15) is 5.15 Å². The summed E-state index contributed by atoms with van der Waals surface area (Å²) in [5, 5.41) is 10.7. The molecule has 1 atom stereocenters. The number of nitrogens with zero attached hydrogens (tertiary/aromatic N) is 2. The molecule has 1 aromatic rings. The molecule has 0 amide bonds. The first-order chi connectivity index (χ1) is 7.46. The molecule has 0 bridgehead atoms. The van der Waals surface area contributed by atoms with Gasteiger partial charge in [0.15, 0.2) is 11.8 Å². The SMILES string of the molecule is Cn1nc(C(F)(F)F)c([C@H](O)C(F)(F)F)c1Cl. The molecule has 0 spiro atoms. The molecular weight excluding hydrogens is 278 g/mol. The standard InChI is InChI=1S/C7H5ClF6N2O/c1-16-5(8)2(4(17)7(12,13)14)3(15-16)6(9,10)11/h4,17H,1H3/t4-/m0/s1. The van der Waals surface area contributed by atoms with Gasteiger partial charge >= 0.3 is 12.4 Å². The third kappa shape index (κ3) is 2.65. The Labute approximate surface area is 95.6 Å². The number of alkyl halides is 6. The van der Waals surface area contributed by atoms with Crippen LogP contribution in [-0.2, 0) is 13.2 Å². The van der Waals surface area contributed by atoms with Gasteiger partial charge in [0, 0.05) is 7.05 Å². The Hall–Kier alpha value is -0.960. The van der Waals surface area contributed by atoms with E-state index in [1.54, 1.807) is 0 Å². The number of aliphatic hydroxyl groups excluding tert-OH is 1. The Morgan fingerprint density at radius 2 is 1.71 bits per heavy atom. The molecule has 1 aromatic heterocycles. The highest BCUT2D eigenvalue weighted by atomic mass is 35.5. The first-order valence-electron chi connectivity index (χ1n) is 4.00. The van der Waals surface area contributed by atoms with Crippen LogP contribution >= 0.6 is 11.6 Å². The second-order valence-corrected chi connectivity index (χ2v) is 3.48. The summed E-state index contributed by atoms with van der Waals surface area (Å²) in [6.45, 7) is 0. The number of aliphatic hydroxyl groups is 1. The largest absolute Gasteiger partial charge is 0.435 e. The minimum Gasteiger partial charge on any atom is -0.379 e. The van der Waals surface area contributed by atoms with Gasteiger partial charge in [0.25, 0.3) is 0 Å². The Morgan fingerprint density at radius 1 is 1.24 bits per heavy atom. The maximum atomic E-state index is 12.4. The quantitative estimate of drug-likeness (QED) is 0.804. The molecule has 98 valence electrons. The summed E-state index contributed by atoms with van der Waals surface area (Å²) in [6.07, 6.45) is -13.7. The predicted molar refractivity (Wildman–Crippen MR) is 44.2 cm³/mol. The molecule has 17 heavy (non-hydrogen) atoms. The molecule has 1 N–H and O–H groups in total. The van der Waals surface area contributed by atoms with Crippen LogP contribution in [0.2, 0.25) is 5.15 Å². The Kier molecular flexibility index (Phi) is 3.36. The molecule has 0 saturated heterocycles. The smallest absolute Gasteiger partial charge is 0.379 e. The molecule has 0 aromatic carbocycles. The van der Waals surface area contributed by atoms with Gasteiger partial charge in [-0.05, 0) is 0 Å². The third-order valence-electron chi connectivity index (χ3n) is 1.86. The zero-order valence-electron chi connectivity index (χ0n) is 8.06. The lowest BCUT2D eigenvalue weighted by molar-refractivity contribution is -0.209. The first kappa shape index (κ1) is 14.1. The molecule has 0 unspecified atom stereocenters. The van der Waals surface area contributed by atoms with Gasteiger partial charge in [-0.2, -0.15) is 31.4 Å². The normalized spacial score (nSPS) is 15.1. The Balaban J connectivity index is 3.42. The predicted octanol–water partition coefficient (Wildman–Crippen LogP) is 2.69. The van der Waals surface area contributed by atoms with Gasteiger partial charge in [-0.3, -0.25) is 4.68 Å². The van der Waals surface area contributed by atoms with E-state index < -0.39 is 34.9 Å². The summed E-state index contributed by atoms with van der Waals surface area (Å²) in [7, 11) is 0.935.